The van der Waals surface area contributed by atoms with E-state index in [-0.39, 0.29) is 12.5 Å². The molecule has 7 heteroatoms. The van der Waals surface area contributed by atoms with Gasteiger partial charge in [-0.05, 0) is 35.0 Å². The van der Waals surface area contributed by atoms with Gasteiger partial charge in [-0.3, -0.25) is 4.79 Å². The van der Waals surface area contributed by atoms with Crippen LogP contribution in [0.1, 0.15) is 11.1 Å². The molecule has 4 rings (SSSR count). The van der Waals surface area contributed by atoms with E-state index >= 15 is 0 Å². The molecule has 1 heterocycles. The summed E-state index contributed by atoms with van der Waals surface area (Å²) in [4.78, 5) is 12.5. The van der Waals surface area contributed by atoms with Crippen molar-refractivity contribution in [2.24, 2.45) is 5.10 Å². The molecule has 0 aliphatic carbocycles. The summed E-state index contributed by atoms with van der Waals surface area (Å²) in [5.74, 6) is 1.04. The summed E-state index contributed by atoms with van der Waals surface area (Å²) in [7, 11) is 3.19. The van der Waals surface area contributed by atoms with Gasteiger partial charge < -0.3 is 14.0 Å². The van der Waals surface area contributed by atoms with Gasteiger partial charge in [0.15, 0.2) is 0 Å². The average molecular weight is 412 g/mol. The number of fused-ring (bicyclic) bond motifs is 2. The van der Waals surface area contributed by atoms with E-state index in [1.807, 2.05) is 54.6 Å². The zero-order chi connectivity index (χ0) is 21.8. The molecule has 4 aromatic rings. The quantitative estimate of drug-likeness (QED) is 0.385. The van der Waals surface area contributed by atoms with Crippen LogP contribution in [-0.2, 0) is 11.3 Å². The van der Waals surface area contributed by atoms with Gasteiger partial charge in [-0.2, -0.15) is 10.4 Å². The molecule has 3 aromatic carbocycles. The van der Waals surface area contributed by atoms with Crippen molar-refractivity contribution in [1.82, 2.24) is 9.99 Å². The predicted molar refractivity (Wildman–Crippen MR) is 119 cm³/mol. The van der Waals surface area contributed by atoms with Crippen molar-refractivity contribution in [2.75, 3.05) is 14.2 Å². The van der Waals surface area contributed by atoms with E-state index in [9.17, 15) is 10.1 Å². The smallest absolute Gasteiger partial charge is 0.259 e. The highest BCUT2D eigenvalue weighted by Gasteiger charge is 2.11. The van der Waals surface area contributed by atoms with Gasteiger partial charge in [-0.15, -0.1) is 0 Å². The number of carbonyl (C=O) groups is 1. The molecule has 0 spiro atoms. The van der Waals surface area contributed by atoms with Crippen LogP contribution in [0.25, 0.3) is 21.7 Å². The first kappa shape index (κ1) is 20.0. The Bertz CT molecular complexity index is 1340. The Balaban J connectivity index is 1.57. The van der Waals surface area contributed by atoms with Crippen LogP contribution < -0.4 is 14.9 Å². The van der Waals surface area contributed by atoms with E-state index in [4.69, 9.17) is 9.47 Å². The number of benzene rings is 3. The molecule has 0 bridgehead atoms. The summed E-state index contributed by atoms with van der Waals surface area (Å²) >= 11 is 0. The number of rotatable bonds is 6. The molecule has 0 aliphatic rings. The van der Waals surface area contributed by atoms with Crippen molar-refractivity contribution in [3.63, 3.8) is 0 Å². The van der Waals surface area contributed by atoms with E-state index in [1.54, 1.807) is 31.2 Å². The van der Waals surface area contributed by atoms with Crippen LogP contribution in [0.4, 0.5) is 0 Å². The van der Waals surface area contributed by atoms with E-state index in [2.05, 4.69) is 16.6 Å². The van der Waals surface area contributed by atoms with E-state index < -0.39 is 0 Å². The lowest BCUT2D eigenvalue weighted by Gasteiger charge is -2.10. The standard InChI is InChI=1S/C24H20N4O3/c1-30-18-9-7-16-8-10-23(31-2)21(20(16)11-18)13-26-27-24(29)15-28-14-17(12-25)19-5-3-4-6-22(19)28/h3-11,13-14H,15H2,1-2H3,(H,27,29)/b26-13+. The molecule has 1 aromatic heterocycles. The first-order chi connectivity index (χ1) is 15.1. The highest BCUT2D eigenvalue weighted by Crippen LogP contribution is 2.29. The van der Waals surface area contributed by atoms with Gasteiger partial charge in [-0.25, -0.2) is 5.43 Å². The Morgan fingerprint density at radius 3 is 2.71 bits per heavy atom. The van der Waals surface area contributed by atoms with Crippen LogP contribution >= 0.6 is 0 Å². The molecular weight excluding hydrogens is 392 g/mol. The first-order valence-electron chi connectivity index (χ1n) is 9.59. The van der Waals surface area contributed by atoms with Crippen molar-refractivity contribution in [2.45, 2.75) is 6.54 Å². The lowest BCUT2D eigenvalue weighted by molar-refractivity contribution is -0.121. The van der Waals surface area contributed by atoms with Crippen molar-refractivity contribution < 1.29 is 14.3 Å². The topological polar surface area (TPSA) is 88.6 Å². The predicted octanol–water partition coefficient (Wildman–Crippen LogP) is 3.83. The Morgan fingerprint density at radius 2 is 1.94 bits per heavy atom. The maximum atomic E-state index is 12.5. The number of ether oxygens (including phenoxy) is 2. The number of hydrazone groups is 1. The number of methoxy groups -OCH3 is 2. The third kappa shape index (κ3) is 3.91. The third-order valence-electron chi connectivity index (χ3n) is 5.06. The number of nitrogens with zero attached hydrogens (tertiary/aromatic N) is 3. The number of nitriles is 1. The fraction of sp³-hybridized carbons (Fsp3) is 0.125. The molecule has 0 saturated heterocycles. The molecule has 154 valence electrons. The van der Waals surface area contributed by atoms with E-state index in [1.165, 1.54) is 0 Å². The molecular formula is C24H20N4O3. The van der Waals surface area contributed by atoms with E-state index in [0.29, 0.717) is 17.1 Å². The number of hydrogen-bond donors (Lipinski definition) is 1. The van der Waals surface area contributed by atoms with Crippen molar-refractivity contribution in [3.8, 4) is 17.6 Å². The molecule has 31 heavy (non-hydrogen) atoms. The monoisotopic (exact) mass is 412 g/mol. The lowest BCUT2D eigenvalue weighted by atomic mass is 10.0. The van der Waals surface area contributed by atoms with Gasteiger partial charge in [-0.1, -0.05) is 30.3 Å². The Morgan fingerprint density at radius 1 is 1.13 bits per heavy atom. The van der Waals surface area contributed by atoms with Crippen molar-refractivity contribution in [3.05, 3.63) is 71.9 Å². The third-order valence-corrected chi connectivity index (χ3v) is 5.06. The van der Waals surface area contributed by atoms with Crippen LogP contribution in [0.3, 0.4) is 0 Å². The van der Waals surface area contributed by atoms with Gasteiger partial charge >= 0.3 is 0 Å². The van der Waals surface area contributed by atoms with E-state index in [0.717, 1.165) is 27.2 Å². The summed E-state index contributed by atoms with van der Waals surface area (Å²) in [5, 5.41) is 16.2. The Kier molecular flexibility index (Phi) is 5.54. The second-order valence-corrected chi connectivity index (χ2v) is 6.86. The first-order valence-corrected chi connectivity index (χ1v) is 9.59. The molecule has 0 unspecified atom stereocenters. The number of nitrogens with one attached hydrogen (secondary N) is 1. The van der Waals surface area contributed by atoms with Gasteiger partial charge in [0.1, 0.15) is 24.1 Å². The molecule has 0 fully saturated rings. The molecule has 0 aliphatic heterocycles. The maximum absolute atomic E-state index is 12.5. The number of amides is 1. The number of hydrogen-bond acceptors (Lipinski definition) is 5. The van der Waals surface area contributed by atoms with Crippen molar-refractivity contribution in [1.29, 1.82) is 5.26 Å². The van der Waals surface area contributed by atoms with Gasteiger partial charge in [0.2, 0.25) is 0 Å². The molecule has 0 atom stereocenters. The number of para-hydroxylation sites is 1. The van der Waals surface area contributed by atoms with Crippen LogP contribution in [0.15, 0.2) is 65.9 Å². The molecule has 0 radical (unpaired) electrons. The van der Waals surface area contributed by atoms with Gasteiger partial charge in [0.25, 0.3) is 5.91 Å². The van der Waals surface area contributed by atoms with Crippen LogP contribution in [-0.4, -0.2) is 30.9 Å². The summed E-state index contributed by atoms with van der Waals surface area (Å²) in [6.45, 7) is 0.0417. The lowest BCUT2D eigenvalue weighted by Crippen LogP contribution is -2.22. The SMILES string of the molecule is COc1ccc2ccc(OC)c(/C=N/NC(=O)Cn3cc(C#N)c4ccccc43)c2c1. The Labute approximate surface area is 179 Å². The summed E-state index contributed by atoms with van der Waals surface area (Å²) < 4.78 is 12.5. The normalized spacial score (nSPS) is 11.0. The fourth-order valence-electron chi connectivity index (χ4n) is 3.57. The summed E-state index contributed by atoms with van der Waals surface area (Å²) in [6.07, 6.45) is 3.24. The number of aromatic nitrogens is 1. The largest absolute Gasteiger partial charge is 0.497 e. The summed E-state index contributed by atoms with van der Waals surface area (Å²) in [6, 6.07) is 19.2. The minimum Gasteiger partial charge on any atom is -0.497 e. The van der Waals surface area contributed by atoms with Crippen LogP contribution in [0.5, 0.6) is 11.5 Å². The van der Waals surface area contributed by atoms with Crippen LogP contribution in [0, 0.1) is 11.3 Å². The minimum absolute atomic E-state index is 0.0417. The van der Waals surface area contributed by atoms with Crippen molar-refractivity contribution >= 4 is 33.8 Å². The number of carbonyl (C=O) groups excluding carboxylic acids is 1. The zero-order valence-corrected chi connectivity index (χ0v) is 17.1. The molecule has 1 N–H and O–H groups in total. The zero-order valence-electron chi connectivity index (χ0n) is 17.1. The minimum atomic E-state index is -0.307. The molecule has 7 nitrogen and oxygen atoms in total. The second kappa shape index (κ2) is 8.59. The summed E-state index contributed by atoms with van der Waals surface area (Å²) in [5.41, 5.74) is 4.64. The highest BCUT2D eigenvalue weighted by atomic mass is 16.5. The highest BCUT2D eigenvalue weighted by molar-refractivity contribution is 6.03. The van der Waals surface area contributed by atoms with Gasteiger partial charge in [0.05, 0.1) is 26.0 Å². The fourth-order valence-corrected chi connectivity index (χ4v) is 3.57. The van der Waals surface area contributed by atoms with Gasteiger partial charge in [0, 0.05) is 22.7 Å². The van der Waals surface area contributed by atoms with Crippen LogP contribution in [0.2, 0.25) is 0 Å². The maximum Gasteiger partial charge on any atom is 0.259 e. The molecule has 1 amide bonds. The second-order valence-electron chi connectivity index (χ2n) is 6.86. The molecule has 0 saturated carbocycles. The average Bonchev–Trinajstić information content (AvgIpc) is 3.16. The Hall–Kier alpha value is -4.31.